The van der Waals surface area contributed by atoms with Crippen LogP contribution in [0.25, 0.3) is 0 Å². The van der Waals surface area contributed by atoms with Crippen LogP contribution in [0.5, 0.6) is 0 Å². The fourth-order valence-corrected chi connectivity index (χ4v) is 1.92. The molecule has 1 amide bonds. The van der Waals surface area contributed by atoms with Crippen LogP contribution in [0.2, 0.25) is 0 Å². The van der Waals surface area contributed by atoms with E-state index in [1.54, 1.807) is 0 Å². The fourth-order valence-electron chi connectivity index (χ4n) is 1.92. The summed E-state index contributed by atoms with van der Waals surface area (Å²) in [4.78, 5) is 12.6. The number of nitrogens with zero attached hydrogens (tertiary/aromatic N) is 1. The van der Waals surface area contributed by atoms with Crippen LogP contribution in [0, 0.1) is 11.6 Å². The van der Waals surface area contributed by atoms with Gasteiger partial charge >= 0.3 is 0 Å². The maximum Gasteiger partial charge on any atom is 0.248 e. The molecular formula is C11H11F2NO2. The molecule has 0 spiro atoms. The summed E-state index contributed by atoms with van der Waals surface area (Å²) in [6.45, 7) is -0.0640. The van der Waals surface area contributed by atoms with Gasteiger partial charge in [-0.1, -0.05) is 0 Å². The molecular weight excluding hydrogens is 216 g/mol. The third kappa shape index (κ3) is 1.90. The molecule has 0 unspecified atom stereocenters. The largest absolute Gasteiger partial charge is 0.387 e. The Labute approximate surface area is 91.3 Å². The number of carbonyl (C=O) groups excluding carboxylic acids is 1. The van der Waals surface area contributed by atoms with Gasteiger partial charge in [0.15, 0.2) is 0 Å². The van der Waals surface area contributed by atoms with E-state index in [-0.39, 0.29) is 6.54 Å². The number of aliphatic hydroxyl groups excluding tert-OH is 1. The van der Waals surface area contributed by atoms with E-state index in [9.17, 15) is 13.6 Å². The highest BCUT2D eigenvalue weighted by Gasteiger charge is 2.22. The average Bonchev–Trinajstić information content (AvgIpc) is 2.27. The van der Waals surface area contributed by atoms with Crippen molar-refractivity contribution < 1.29 is 18.7 Å². The fraction of sp³-hybridized carbons (Fsp3) is 0.364. The van der Waals surface area contributed by atoms with Gasteiger partial charge in [0.25, 0.3) is 0 Å². The molecule has 5 heteroatoms. The summed E-state index contributed by atoms with van der Waals surface area (Å²) in [5.74, 6) is -1.63. The Kier molecular flexibility index (Phi) is 2.87. The maximum absolute atomic E-state index is 13.3. The van der Waals surface area contributed by atoms with E-state index in [2.05, 4.69) is 0 Å². The van der Waals surface area contributed by atoms with Crippen LogP contribution in [0.3, 0.4) is 0 Å². The number of halogens is 2. The molecule has 2 rings (SSSR count). The van der Waals surface area contributed by atoms with Gasteiger partial charge in [0.05, 0.1) is 0 Å². The normalized spacial score (nSPS) is 14.8. The monoisotopic (exact) mass is 227 g/mol. The molecule has 0 bridgehead atoms. The highest BCUT2D eigenvalue weighted by Crippen LogP contribution is 2.22. The molecule has 1 aromatic carbocycles. The van der Waals surface area contributed by atoms with Crippen LogP contribution in [-0.4, -0.2) is 29.1 Å². The Morgan fingerprint density at radius 1 is 1.44 bits per heavy atom. The molecule has 0 atom stereocenters. The minimum Gasteiger partial charge on any atom is -0.387 e. The zero-order valence-corrected chi connectivity index (χ0v) is 8.54. The Hall–Kier alpha value is -1.49. The first-order valence-electron chi connectivity index (χ1n) is 4.97. The zero-order chi connectivity index (χ0) is 11.7. The molecule has 1 aromatic rings. The molecule has 0 aromatic heterocycles. The van der Waals surface area contributed by atoms with E-state index in [4.69, 9.17) is 5.11 Å². The van der Waals surface area contributed by atoms with Crippen LogP contribution >= 0.6 is 0 Å². The first kappa shape index (κ1) is 11.0. The molecule has 1 aliphatic heterocycles. The van der Waals surface area contributed by atoms with E-state index in [0.717, 1.165) is 6.07 Å². The van der Waals surface area contributed by atoms with Gasteiger partial charge in [-0.3, -0.25) is 4.79 Å². The molecule has 0 aliphatic carbocycles. The van der Waals surface area contributed by atoms with Gasteiger partial charge in [0, 0.05) is 19.2 Å². The summed E-state index contributed by atoms with van der Waals surface area (Å²) >= 11 is 0. The highest BCUT2D eigenvalue weighted by molar-refractivity contribution is 5.77. The Morgan fingerprint density at radius 2 is 2.19 bits per heavy atom. The van der Waals surface area contributed by atoms with Gasteiger partial charge in [-0.05, 0) is 23.6 Å². The molecule has 0 radical (unpaired) electrons. The van der Waals surface area contributed by atoms with E-state index in [0.29, 0.717) is 24.1 Å². The number of benzene rings is 1. The quantitative estimate of drug-likeness (QED) is 0.772. The third-order valence-electron chi connectivity index (χ3n) is 2.73. The SMILES string of the molecule is O=C(CO)N1CCc2c(F)cc(F)cc2C1. The van der Waals surface area contributed by atoms with E-state index < -0.39 is 24.1 Å². The molecule has 16 heavy (non-hydrogen) atoms. The molecule has 0 saturated heterocycles. The van der Waals surface area contributed by atoms with Crippen molar-refractivity contribution in [1.29, 1.82) is 0 Å². The molecule has 3 nitrogen and oxygen atoms in total. The predicted molar refractivity (Wildman–Crippen MR) is 52.6 cm³/mol. The summed E-state index contributed by atoms with van der Waals surface area (Å²) in [7, 11) is 0. The number of aliphatic hydroxyl groups is 1. The number of rotatable bonds is 1. The van der Waals surface area contributed by atoms with Crippen molar-refractivity contribution >= 4 is 5.91 Å². The highest BCUT2D eigenvalue weighted by atomic mass is 19.1. The van der Waals surface area contributed by atoms with Crippen LogP contribution in [0.15, 0.2) is 12.1 Å². The van der Waals surface area contributed by atoms with Gasteiger partial charge in [0.2, 0.25) is 5.91 Å². The number of carbonyl (C=O) groups is 1. The zero-order valence-electron chi connectivity index (χ0n) is 8.54. The molecule has 0 saturated carbocycles. The van der Waals surface area contributed by atoms with E-state index >= 15 is 0 Å². The summed E-state index contributed by atoms with van der Waals surface area (Å²) in [5.41, 5.74) is 0.939. The first-order chi connectivity index (χ1) is 7.61. The second-order valence-electron chi connectivity index (χ2n) is 3.75. The minimum atomic E-state index is -0.644. The van der Waals surface area contributed by atoms with Crippen molar-refractivity contribution in [3.63, 3.8) is 0 Å². The van der Waals surface area contributed by atoms with Crippen molar-refractivity contribution in [2.45, 2.75) is 13.0 Å². The minimum absolute atomic E-state index is 0.156. The number of hydrogen-bond donors (Lipinski definition) is 1. The van der Waals surface area contributed by atoms with Crippen LogP contribution in [-0.2, 0) is 17.8 Å². The second-order valence-corrected chi connectivity index (χ2v) is 3.75. The summed E-state index contributed by atoms with van der Waals surface area (Å²) in [6, 6.07) is 2.08. The summed E-state index contributed by atoms with van der Waals surface area (Å²) < 4.78 is 26.3. The van der Waals surface area contributed by atoms with Gasteiger partial charge in [-0.15, -0.1) is 0 Å². The van der Waals surface area contributed by atoms with Crippen molar-refractivity contribution in [2.75, 3.05) is 13.2 Å². The Balaban J connectivity index is 2.30. The van der Waals surface area contributed by atoms with Crippen LogP contribution in [0.1, 0.15) is 11.1 Å². The first-order valence-corrected chi connectivity index (χ1v) is 4.97. The Morgan fingerprint density at radius 3 is 2.88 bits per heavy atom. The van der Waals surface area contributed by atoms with Gasteiger partial charge < -0.3 is 10.0 Å². The third-order valence-corrected chi connectivity index (χ3v) is 2.73. The van der Waals surface area contributed by atoms with E-state index in [1.165, 1.54) is 11.0 Å². The van der Waals surface area contributed by atoms with Gasteiger partial charge in [0.1, 0.15) is 18.2 Å². The summed E-state index contributed by atoms with van der Waals surface area (Å²) in [5, 5.41) is 8.70. The molecule has 1 heterocycles. The Bertz CT molecular complexity index is 434. The lowest BCUT2D eigenvalue weighted by Gasteiger charge is -2.28. The lowest BCUT2D eigenvalue weighted by molar-refractivity contribution is -0.135. The van der Waals surface area contributed by atoms with Crippen molar-refractivity contribution in [3.05, 3.63) is 34.9 Å². The molecule has 86 valence electrons. The predicted octanol–water partition coefficient (Wildman–Crippen LogP) is 0.842. The smallest absolute Gasteiger partial charge is 0.248 e. The maximum atomic E-state index is 13.3. The average molecular weight is 227 g/mol. The molecule has 1 aliphatic rings. The lowest BCUT2D eigenvalue weighted by atomic mass is 9.99. The van der Waals surface area contributed by atoms with E-state index in [1.807, 2.05) is 0 Å². The second kappa shape index (κ2) is 4.17. The number of amides is 1. The number of fused-ring (bicyclic) bond motifs is 1. The lowest BCUT2D eigenvalue weighted by Crippen LogP contribution is -2.38. The van der Waals surface area contributed by atoms with Gasteiger partial charge in [-0.2, -0.15) is 0 Å². The van der Waals surface area contributed by atoms with Crippen molar-refractivity contribution in [1.82, 2.24) is 4.90 Å². The van der Waals surface area contributed by atoms with Crippen molar-refractivity contribution in [3.8, 4) is 0 Å². The topological polar surface area (TPSA) is 40.5 Å². The standard InChI is InChI=1S/C11H11F2NO2/c12-8-3-7-5-14(11(16)6-15)2-1-9(7)10(13)4-8/h3-4,15H,1-2,5-6H2. The summed E-state index contributed by atoms with van der Waals surface area (Å²) in [6.07, 6.45) is 0.354. The van der Waals surface area contributed by atoms with Crippen molar-refractivity contribution in [2.24, 2.45) is 0 Å². The molecule has 0 fully saturated rings. The van der Waals surface area contributed by atoms with Crippen LogP contribution in [0.4, 0.5) is 8.78 Å². The van der Waals surface area contributed by atoms with Gasteiger partial charge in [-0.25, -0.2) is 8.78 Å². The number of hydrogen-bond acceptors (Lipinski definition) is 2. The molecule has 1 N–H and O–H groups in total. The van der Waals surface area contributed by atoms with Crippen LogP contribution < -0.4 is 0 Å².